The van der Waals surface area contributed by atoms with Crippen LogP contribution in [0.25, 0.3) is 0 Å². The van der Waals surface area contributed by atoms with Gasteiger partial charge in [0, 0.05) is 19.5 Å². The van der Waals surface area contributed by atoms with Gasteiger partial charge < -0.3 is 10.2 Å². The van der Waals surface area contributed by atoms with E-state index < -0.39 is 0 Å². The monoisotopic (exact) mass is 342 g/mol. The third-order valence-electron chi connectivity index (χ3n) is 4.39. The number of rotatable bonds is 7. The lowest BCUT2D eigenvalue weighted by Gasteiger charge is -2.17. The Morgan fingerprint density at radius 1 is 1.32 bits per heavy atom. The standard InChI is InChI=1S/C18H22N4O3/c1-13-16(21-25-20-13)11-17(23)19-15-10-18(24)22(12-15)9-5-8-14-6-3-2-4-7-14/h2-4,6-7,15H,5,8-12H2,1H3,(H,19,23)/t15-/m1/s1. The summed E-state index contributed by atoms with van der Waals surface area (Å²) in [6.07, 6.45) is 2.33. The molecular weight excluding hydrogens is 320 g/mol. The van der Waals surface area contributed by atoms with Crippen LogP contribution in [0.2, 0.25) is 0 Å². The fourth-order valence-corrected chi connectivity index (χ4v) is 3.04. The van der Waals surface area contributed by atoms with Gasteiger partial charge in [0.2, 0.25) is 11.8 Å². The molecule has 0 saturated carbocycles. The molecule has 7 heteroatoms. The second-order valence-electron chi connectivity index (χ2n) is 6.37. The zero-order chi connectivity index (χ0) is 17.6. The summed E-state index contributed by atoms with van der Waals surface area (Å²) in [6.45, 7) is 3.02. The molecule has 0 bridgehead atoms. The maximum absolute atomic E-state index is 12.1. The smallest absolute Gasteiger partial charge is 0.226 e. The van der Waals surface area contributed by atoms with Crippen LogP contribution in [0, 0.1) is 6.92 Å². The number of aryl methyl sites for hydroxylation is 2. The van der Waals surface area contributed by atoms with Crippen LogP contribution in [0.15, 0.2) is 35.0 Å². The molecule has 1 aliphatic rings. The van der Waals surface area contributed by atoms with E-state index in [1.807, 2.05) is 23.1 Å². The molecule has 132 valence electrons. The largest absolute Gasteiger partial charge is 0.351 e. The van der Waals surface area contributed by atoms with Crippen LogP contribution in [0.4, 0.5) is 0 Å². The predicted molar refractivity (Wildman–Crippen MR) is 90.6 cm³/mol. The molecule has 1 N–H and O–H groups in total. The van der Waals surface area contributed by atoms with Crippen molar-refractivity contribution in [1.29, 1.82) is 0 Å². The fraction of sp³-hybridized carbons (Fsp3) is 0.444. The Kier molecular flexibility index (Phi) is 5.42. The molecule has 1 fully saturated rings. The molecular formula is C18H22N4O3. The highest BCUT2D eigenvalue weighted by Crippen LogP contribution is 2.13. The molecule has 0 radical (unpaired) electrons. The van der Waals surface area contributed by atoms with Gasteiger partial charge in [-0.05, 0) is 25.3 Å². The van der Waals surface area contributed by atoms with E-state index in [1.165, 1.54) is 5.56 Å². The molecule has 25 heavy (non-hydrogen) atoms. The van der Waals surface area contributed by atoms with E-state index in [0.29, 0.717) is 30.9 Å². The van der Waals surface area contributed by atoms with Crippen molar-refractivity contribution < 1.29 is 14.2 Å². The van der Waals surface area contributed by atoms with E-state index in [9.17, 15) is 9.59 Å². The molecule has 3 rings (SSSR count). The van der Waals surface area contributed by atoms with Crippen molar-refractivity contribution in [3.63, 3.8) is 0 Å². The van der Waals surface area contributed by atoms with Gasteiger partial charge in [-0.2, -0.15) is 0 Å². The normalized spacial score (nSPS) is 17.1. The first kappa shape index (κ1) is 17.1. The number of likely N-dealkylation sites (tertiary alicyclic amines) is 1. The number of nitrogens with zero attached hydrogens (tertiary/aromatic N) is 3. The van der Waals surface area contributed by atoms with Gasteiger partial charge in [0.15, 0.2) is 0 Å². The average Bonchev–Trinajstić information content (AvgIpc) is 3.14. The zero-order valence-electron chi connectivity index (χ0n) is 14.3. The number of hydrogen-bond acceptors (Lipinski definition) is 5. The Labute approximate surface area is 146 Å². The Bertz CT molecular complexity index is 729. The number of carbonyl (C=O) groups excluding carboxylic acids is 2. The summed E-state index contributed by atoms with van der Waals surface area (Å²) in [4.78, 5) is 26.0. The van der Waals surface area contributed by atoms with E-state index >= 15 is 0 Å². The van der Waals surface area contributed by atoms with Gasteiger partial charge in [-0.25, -0.2) is 4.63 Å². The molecule has 0 aliphatic carbocycles. The van der Waals surface area contributed by atoms with Crippen molar-refractivity contribution in [1.82, 2.24) is 20.5 Å². The quantitative estimate of drug-likeness (QED) is 0.819. The minimum Gasteiger partial charge on any atom is -0.351 e. The highest BCUT2D eigenvalue weighted by molar-refractivity contribution is 5.83. The van der Waals surface area contributed by atoms with Crippen LogP contribution >= 0.6 is 0 Å². The van der Waals surface area contributed by atoms with E-state index in [-0.39, 0.29) is 24.3 Å². The maximum atomic E-state index is 12.1. The summed E-state index contributed by atoms with van der Waals surface area (Å²) in [5.74, 6) is -0.0691. The highest BCUT2D eigenvalue weighted by Gasteiger charge is 2.30. The fourth-order valence-electron chi connectivity index (χ4n) is 3.04. The summed E-state index contributed by atoms with van der Waals surface area (Å²) >= 11 is 0. The van der Waals surface area contributed by atoms with E-state index in [4.69, 9.17) is 0 Å². The number of carbonyl (C=O) groups is 2. The van der Waals surface area contributed by atoms with Gasteiger partial charge >= 0.3 is 0 Å². The summed E-state index contributed by atoms with van der Waals surface area (Å²) in [5.41, 5.74) is 2.41. The molecule has 0 spiro atoms. The van der Waals surface area contributed by atoms with Gasteiger partial charge in [-0.3, -0.25) is 9.59 Å². The van der Waals surface area contributed by atoms with Crippen molar-refractivity contribution in [3.05, 3.63) is 47.3 Å². The van der Waals surface area contributed by atoms with Crippen LogP contribution < -0.4 is 5.32 Å². The summed E-state index contributed by atoms with van der Waals surface area (Å²) < 4.78 is 4.59. The lowest BCUT2D eigenvalue weighted by Crippen LogP contribution is -2.38. The number of hydrogen-bond donors (Lipinski definition) is 1. The van der Waals surface area contributed by atoms with Crippen molar-refractivity contribution >= 4 is 11.8 Å². The Balaban J connectivity index is 1.42. The second kappa shape index (κ2) is 7.92. The Morgan fingerprint density at radius 3 is 2.84 bits per heavy atom. The molecule has 1 saturated heterocycles. The van der Waals surface area contributed by atoms with Crippen LogP contribution in [-0.2, 0) is 22.4 Å². The highest BCUT2D eigenvalue weighted by atomic mass is 16.6. The number of amides is 2. The minimum atomic E-state index is -0.164. The molecule has 1 aromatic carbocycles. The van der Waals surface area contributed by atoms with Crippen LogP contribution in [0.1, 0.15) is 29.8 Å². The zero-order valence-corrected chi connectivity index (χ0v) is 14.3. The number of benzene rings is 1. The van der Waals surface area contributed by atoms with Crippen molar-refractivity contribution in [2.45, 2.75) is 38.6 Å². The van der Waals surface area contributed by atoms with Gasteiger partial charge in [-0.15, -0.1) is 0 Å². The summed E-state index contributed by atoms with van der Waals surface area (Å²) in [6, 6.07) is 10.1. The van der Waals surface area contributed by atoms with Gasteiger partial charge in [0.25, 0.3) is 0 Å². The van der Waals surface area contributed by atoms with E-state index in [2.05, 4.69) is 32.4 Å². The predicted octanol–water partition coefficient (Wildman–Crippen LogP) is 1.27. The van der Waals surface area contributed by atoms with E-state index in [1.54, 1.807) is 6.92 Å². The average molecular weight is 342 g/mol. The lowest BCUT2D eigenvalue weighted by molar-refractivity contribution is -0.127. The topological polar surface area (TPSA) is 88.3 Å². The molecule has 0 unspecified atom stereocenters. The van der Waals surface area contributed by atoms with Gasteiger partial charge in [0.1, 0.15) is 11.4 Å². The van der Waals surface area contributed by atoms with Crippen LogP contribution in [0.3, 0.4) is 0 Å². The molecule has 1 aliphatic heterocycles. The van der Waals surface area contributed by atoms with Gasteiger partial charge in [0.05, 0.1) is 12.5 Å². The summed E-state index contributed by atoms with van der Waals surface area (Å²) in [7, 11) is 0. The molecule has 7 nitrogen and oxygen atoms in total. The maximum Gasteiger partial charge on any atom is 0.226 e. The Hall–Kier alpha value is -2.70. The SMILES string of the molecule is Cc1nonc1CC(=O)N[C@@H]1CC(=O)N(CCCc2ccccc2)C1. The van der Waals surface area contributed by atoms with Crippen molar-refractivity contribution in [2.24, 2.45) is 0 Å². The molecule has 2 aromatic rings. The van der Waals surface area contributed by atoms with Gasteiger partial charge in [-0.1, -0.05) is 40.6 Å². The first-order valence-corrected chi connectivity index (χ1v) is 8.51. The number of nitrogens with one attached hydrogen (secondary N) is 1. The Morgan fingerprint density at radius 2 is 2.12 bits per heavy atom. The summed E-state index contributed by atoms with van der Waals surface area (Å²) in [5, 5.41) is 10.3. The van der Waals surface area contributed by atoms with Crippen molar-refractivity contribution in [3.8, 4) is 0 Å². The molecule has 1 aromatic heterocycles. The number of aromatic nitrogens is 2. The van der Waals surface area contributed by atoms with E-state index in [0.717, 1.165) is 12.8 Å². The molecule has 2 amide bonds. The van der Waals surface area contributed by atoms with Crippen LogP contribution in [-0.4, -0.2) is 46.2 Å². The lowest BCUT2D eigenvalue weighted by atomic mass is 10.1. The minimum absolute atomic E-state index is 0.0950. The van der Waals surface area contributed by atoms with Crippen molar-refractivity contribution in [2.75, 3.05) is 13.1 Å². The third-order valence-corrected chi connectivity index (χ3v) is 4.39. The second-order valence-corrected chi connectivity index (χ2v) is 6.37. The van der Waals surface area contributed by atoms with Crippen LogP contribution in [0.5, 0.6) is 0 Å². The molecule has 1 atom stereocenters. The molecule has 2 heterocycles. The first-order chi connectivity index (χ1) is 12.1. The third kappa shape index (κ3) is 4.65. The first-order valence-electron chi connectivity index (χ1n) is 8.51.